The van der Waals surface area contributed by atoms with Gasteiger partial charge in [0.05, 0.1) is 35.1 Å². The number of nitrogens with zero attached hydrogens (tertiary/aromatic N) is 5. The summed E-state index contributed by atoms with van der Waals surface area (Å²) in [5, 5.41) is 6.48. The zero-order valence-electron chi connectivity index (χ0n) is 21.8. The van der Waals surface area contributed by atoms with Crippen LogP contribution in [0.2, 0.25) is 0 Å². The lowest BCUT2D eigenvalue weighted by Crippen LogP contribution is -2.42. The van der Waals surface area contributed by atoms with Crippen molar-refractivity contribution in [1.82, 2.24) is 19.6 Å². The molecule has 0 spiro atoms. The van der Waals surface area contributed by atoms with E-state index in [0.29, 0.717) is 43.6 Å². The van der Waals surface area contributed by atoms with Crippen molar-refractivity contribution in [2.75, 3.05) is 31.6 Å². The van der Waals surface area contributed by atoms with E-state index < -0.39 is 0 Å². The number of benzene rings is 1. The van der Waals surface area contributed by atoms with Crippen molar-refractivity contribution >= 4 is 34.7 Å². The molecular formula is C28H33N5O3S. The number of fused-ring (bicyclic) bond motifs is 1. The number of hydrogen-bond acceptors (Lipinski definition) is 6. The normalized spacial score (nSPS) is 16.9. The molecule has 3 aromatic rings. The van der Waals surface area contributed by atoms with Crippen molar-refractivity contribution in [3.05, 3.63) is 69.2 Å². The number of amides is 3. The lowest BCUT2D eigenvalue weighted by Gasteiger charge is -2.36. The second-order valence-corrected chi connectivity index (χ2v) is 11.0. The smallest absolute Gasteiger partial charge is 0.263 e. The van der Waals surface area contributed by atoms with Gasteiger partial charge < -0.3 is 9.80 Å². The molecule has 0 radical (unpaired) electrons. The van der Waals surface area contributed by atoms with E-state index in [-0.39, 0.29) is 36.2 Å². The minimum Gasteiger partial charge on any atom is -0.371 e. The molecule has 37 heavy (non-hydrogen) atoms. The number of carbonyl (C=O) groups is 3. The molecule has 0 N–H and O–H groups in total. The number of rotatable bonds is 7. The van der Waals surface area contributed by atoms with Gasteiger partial charge in [0, 0.05) is 43.2 Å². The van der Waals surface area contributed by atoms with Crippen LogP contribution in [0.15, 0.2) is 41.8 Å². The van der Waals surface area contributed by atoms with E-state index in [0.717, 1.165) is 17.1 Å². The summed E-state index contributed by atoms with van der Waals surface area (Å²) in [6, 6.07) is 11.6. The zero-order chi connectivity index (χ0) is 26.3. The maximum absolute atomic E-state index is 13.4. The van der Waals surface area contributed by atoms with Crippen LogP contribution >= 0.6 is 11.3 Å². The highest BCUT2D eigenvalue weighted by Gasteiger charge is 2.39. The van der Waals surface area contributed by atoms with Gasteiger partial charge in [-0.3, -0.25) is 24.0 Å². The molecule has 1 atom stereocenters. The minimum atomic E-state index is -0.252. The van der Waals surface area contributed by atoms with Crippen LogP contribution in [0.5, 0.6) is 0 Å². The van der Waals surface area contributed by atoms with Crippen molar-refractivity contribution in [3.8, 4) is 0 Å². The Bertz CT molecular complexity index is 1320. The Balaban J connectivity index is 1.26. The van der Waals surface area contributed by atoms with Crippen LogP contribution in [0.4, 0.5) is 5.69 Å². The van der Waals surface area contributed by atoms with Gasteiger partial charge in [0.2, 0.25) is 5.91 Å². The Morgan fingerprint density at radius 3 is 2.51 bits per heavy atom. The maximum Gasteiger partial charge on any atom is 0.263 e. The molecule has 1 saturated heterocycles. The molecule has 194 valence electrons. The van der Waals surface area contributed by atoms with E-state index in [4.69, 9.17) is 0 Å². The summed E-state index contributed by atoms with van der Waals surface area (Å²) >= 11 is 1.67. The largest absolute Gasteiger partial charge is 0.371 e. The second kappa shape index (κ2) is 10.1. The molecule has 2 aliphatic rings. The standard InChI is InChI=1S/C28H33N5O3S/c1-18-17-19(2)33(29-18)15-14-32-27(35)22-7-5-8-23(25(22)28(32)36)31-12-10-21(11-13-31)26(34)30(4)20(3)24-9-6-16-37-24/h5-9,16-17,20-21H,10-15H2,1-4H3. The lowest BCUT2D eigenvalue weighted by atomic mass is 9.93. The van der Waals surface area contributed by atoms with Gasteiger partial charge in [-0.2, -0.15) is 5.10 Å². The molecule has 3 amide bonds. The first-order chi connectivity index (χ1) is 17.8. The highest BCUT2D eigenvalue weighted by molar-refractivity contribution is 7.10. The molecule has 8 nitrogen and oxygen atoms in total. The molecule has 1 aromatic carbocycles. The summed E-state index contributed by atoms with van der Waals surface area (Å²) in [4.78, 5) is 46.3. The van der Waals surface area contributed by atoms with Gasteiger partial charge in [-0.1, -0.05) is 12.1 Å². The average molecular weight is 520 g/mol. The average Bonchev–Trinajstić information content (AvgIpc) is 3.61. The summed E-state index contributed by atoms with van der Waals surface area (Å²) in [7, 11) is 1.88. The Labute approximate surface area is 221 Å². The fraction of sp³-hybridized carbons (Fsp3) is 0.429. The molecule has 0 bridgehead atoms. The highest BCUT2D eigenvalue weighted by atomic mass is 32.1. The van der Waals surface area contributed by atoms with E-state index in [1.54, 1.807) is 17.4 Å². The summed E-state index contributed by atoms with van der Waals surface area (Å²) in [5.74, 6) is -0.382. The van der Waals surface area contributed by atoms with Gasteiger partial charge in [-0.15, -0.1) is 11.3 Å². The van der Waals surface area contributed by atoms with Gasteiger partial charge >= 0.3 is 0 Å². The van der Waals surface area contributed by atoms with Crippen LogP contribution in [-0.4, -0.2) is 64.0 Å². The fourth-order valence-corrected chi connectivity index (χ4v) is 6.27. The van der Waals surface area contributed by atoms with Crippen LogP contribution in [0, 0.1) is 19.8 Å². The van der Waals surface area contributed by atoms with E-state index in [9.17, 15) is 14.4 Å². The van der Waals surface area contributed by atoms with Crippen molar-refractivity contribution in [2.24, 2.45) is 5.92 Å². The third-order valence-corrected chi connectivity index (χ3v) is 8.73. The SMILES string of the molecule is Cc1cc(C)n(CCN2C(=O)c3cccc(N4CCC(C(=O)N(C)C(C)c5cccs5)CC4)c3C2=O)n1. The van der Waals surface area contributed by atoms with Crippen molar-refractivity contribution in [2.45, 2.75) is 46.2 Å². The molecule has 0 aliphatic carbocycles. The zero-order valence-corrected chi connectivity index (χ0v) is 22.6. The molecule has 2 aromatic heterocycles. The van der Waals surface area contributed by atoms with Crippen LogP contribution in [0.3, 0.4) is 0 Å². The molecule has 9 heteroatoms. The number of aromatic nitrogens is 2. The van der Waals surface area contributed by atoms with E-state index in [1.165, 1.54) is 9.78 Å². The first-order valence-electron chi connectivity index (χ1n) is 12.8. The monoisotopic (exact) mass is 519 g/mol. The van der Waals surface area contributed by atoms with Crippen LogP contribution in [0.25, 0.3) is 0 Å². The maximum atomic E-state index is 13.4. The first-order valence-corrected chi connectivity index (χ1v) is 13.7. The predicted molar refractivity (Wildman–Crippen MR) is 144 cm³/mol. The Morgan fingerprint density at radius 2 is 1.86 bits per heavy atom. The number of carbonyl (C=O) groups excluding carboxylic acids is 3. The van der Waals surface area contributed by atoms with Gasteiger partial charge in [-0.25, -0.2) is 0 Å². The summed E-state index contributed by atoms with van der Waals surface area (Å²) in [5.41, 5.74) is 3.64. The van der Waals surface area contributed by atoms with Gasteiger partial charge in [0.1, 0.15) is 0 Å². The number of imide groups is 1. The summed E-state index contributed by atoms with van der Waals surface area (Å²) < 4.78 is 1.83. The van der Waals surface area contributed by atoms with Crippen molar-refractivity contribution in [1.29, 1.82) is 0 Å². The van der Waals surface area contributed by atoms with Crippen LogP contribution in [-0.2, 0) is 11.3 Å². The number of anilines is 1. The van der Waals surface area contributed by atoms with Gasteiger partial charge in [0.15, 0.2) is 0 Å². The molecule has 1 fully saturated rings. The van der Waals surface area contributed by atoms with Crippen molar-refractivity contribution < 1.29 is 14.4 Å². The molecule has 1 unspecified atom stereocenters. The summed E-state index contributed by atoms with van der Waals surface area (Å²) in [6.45, 7) is 8.04. The third-order valence-electron chi connectivity index (χ3n) is 7.68. The quantitative estimate of drug-likeness (QED) is 0.435. The number of thiophene rings is 1. The van der Waals surface area contributed by atoms with Crippen LogP contribution < -0.4 is 4.90 Å². The topological polar surface area (TPSA) is 78.8 Å². The third kappa shape index (κ3) is 4.68. The molecule has 5 rings (SSSR count). The molecule has 4 heterocycles. The van der Waals surface area contributed by atoms with Gasteiger partial charge in [-0.05, 0) is 63.3 Å². The first kappa shape index (κ1) is 25.2. The number of aryl methyl sites for hydroxylation is 2. The molecule has 0 saturated carbocycles. The van der Waals surface area contributed by atoms with E-state index >= 15 is 0 Å². The second-order valence-electron chi connectivity index (χ2n) is 10.0. The van der Waals surface area contributed by atoms with Crippen molar-refractivity contribution in [3.63, 3.8) is 0 Å². The Hall–Kier alpha value is -3.46. The Kier molecular flexibility index (Phi) is 6.90. The van der Waals surface area contributed by atoms with E-state index in [2.05, 4.69) is 23.0 Å². The van der Waals surface area contributed by atoms with Gasteiger partial charge in [0.25, 0.3) is 11.8 Å². The Morgan fingerprint density at radius 1 is 1.11 bits per heavy atom. The highest BCUT2D eigenvalue weighted by Crippen LogP contribution is 2.35. The predicted octanol–water partition coefficient (Wildman–Crippen LogP) is 4.29. The van der Waals surface area contributed by atoms with Crippen LogP contribution in [0.1, 0.15) is 62.8 Å². The minimum absolute atomic E-state index is 0.0463. The molecule has 2 aliphatic heterocycles. The molecular weight excluding hydrogens is 486 g/mol. The number of hydrogen-bond donors (Lipinski definition) is 0. The number of piperidine rings is 1. The summed E-state index contributed by atoms with van der Waals surface area (Å²) in [6.07, 6.45) is 1.43. The van der Waals surface area contributed by atoms with E-state index in [1.807, 2.05) is 60.1 Å². The lowest BCUT2D eigenvalue weighted by molar-refractivity contribution is -0.136. The fourth-order valence-electron chi connectivity index (χ4n) is 5.44.